The lowest BCUT2D eigenvalue weighted by Crippen LogP contribution is -2.35. The number of aromatic nitrogens is 2. The van der Waals surface area contributed by atoms with Gasteiger partial charge in [0.2, 0.25) is 0 Å². The first-order valence-corrected chi connectivity index (χ1v) is 17.7. The minimum Gasteiger partial charge on any atom is -0.468 e. The molecule has 0 spiro atoms. The first kappa shape index (κ1) is 38.1. The molecule has 1 unspecified atom stereocenters. The molecule has 0 amide bonds. The van der Waals surface area contributed by atoms with Crippen LogP contribution in [0.4, 0.5) is 0 Å². The zero-order valence-electron chi connectivity index (χ0n) is 27.1. The van der Waals surface area contributed by atoms with Crippen LogP contribution in [0.25, 0.3) is 0 Å². The van der Waals surface area contributed by atoms with Crippen molar-refractivity contribution < 1.29 is 32.6 Å². The molecule has 252 valence electrons. The van der Waals surface area contributed by atoms with E-state index in [0.29, 0.717) is 12.0 Å². The Morgan fingerprint density at radius 1 is 1.05 bits per heavy atom. The highest BCUT2D eigenvalue weighted by Crippen LogP contribution is 2.45. The van der Waals surface area contributed by atoms with E-state index in [2.05, 4.69) is 29.1 Å². The summed E-state index contributed by atoms with van der Waals surface area (Å²) in [4.78, 5) is 38.0. The lowest BCUT2D eigenvalue weighted by atomic mass is 10.1. The third kappa shape index (κ3) is 14.8. The fraction of sp³-hybridized carbons (Fsp3) is 0.774. The number of ether oxygens (including phenoxy) is 3. The summed E-state index contributed by atoms with van der Waals surface area (Å²) in [6.45, 7) is 5.24. The first-order chi connectivity index (χ1) is 21.2. The van der Waals surface area contributed by atoms with Crippen molar-refractivity contribution in [2.45, 2.75) is 129 Å². The maximum Gasteiger partial charge on any atom is 0.406 e. The zero-order valence-corrected chi connectivity index (χ0v) is 27.9. The van der Waals surface area contributed by atoms with Gasteiger partial charge in [-0.2, -0.15) is 0 Å². The zero-order chi connectivity index (χ0) is 32.2. The third-order valence-electron chi connectivity index (χ3n) is 7.39. The summed E-state index contributed by atoms with van der Waals surface area (Å²) in [5.74, 6) is -0.615. The summed E-state index contributed by atoms with van der Waals surface area (Å²) >= 11 is 0. The Bertz CT molecular complexity index is 1150. The largest absolute Gasteiger partial charge is 0.468 e. The number of nitrogens with zero attached hydrogens (tertiary/aromatic N) is 1. The Labute approximate surface area is 261 Å². The molecule has 0 aromatic carbocycles. The molecule has 2 heterocycles. The fourth-order valence-electron chi connectivity index (χ4n) is 4.75. The van der Waals surface area contributed by atoms with E-state index in [1.54, 1.807) is 6.92 Å². The molecule has 1 fully saturated rings. The number of hydrogen-bond donors (Lipinski definition) is 2. The Balaban J connectivity index is 1.68. The number of hydrogen-bond acceptors (Lipinski definition) is 9. The molecule has 2 rings (SSSR count). The van der Waals surface area contributed by atoms with Crippen LogP contribution in [0.5, 0.6) is 0 Å². The molecular formula is C31H54N3O9P. The van der Waals surface area contributed by atoms with Crippen LogP contribution in [0, 0.1) is 6.92 Å². The van der Waals surface area contributed by atoms with Crippen LogP contribution < -0.4 is 16.3 Å². The number of nitrogens with one attached hydrogen (secondary N) is 2. The molecule has 1 aliphatic heterocycles. The number of carbonyl (C=O) groups excluding carboxylic acids is 1. The molecule has 0 aliphatic carbocycles. The summed E-state index contributed by atoms with van der Waals surface area (Å²) in [5, 5.41) is 2.61. The Morgan fingerprint density at radius 2 is 1.66 bits per heavy atom. The van der Waals surface area contributed by atoms with Crippen molar-refractivity contribution in [1.82, 2.24) is 14.6 Å². The lowest BCUT2D eigenvalue weighted by Gasteiger charge is -2.23. The van der Waals surface area contributed by atoms with Gasteiger partial charge >= 0.3 is 19.4 Å². The van der Waals surface area contributed by atoms with Crippen molar-refractivity contribution in [3.8, 4) is 0 Å². The van der Waals surface area contributed by atoms with E-state index in [4.69, 9.17) is 23.3 Å². The molecule has 12 nitrogen and oxygen atoms in total. The lowest BCUT2D eigenvalue weighted by molar-refractivity contribution is -0.142. The Hall–Kier alpha value is -2.08. The summed E-state index contributed by atoms with van der Waals surface area (Å²) in [5.41, 5.74) is -0.761. The number of H-pyrrole nitrogens is 1. The molecule has 4 atom stereocenters. The van der Waals surface area contributed by atoms with Crippen molar-refractivity contribution in [1.29, 1.82) is 0 Å². The van der Waals surface area contributed by atoms with Crippen molar-refractivity contribution in [2.75, 3.05) is 26.9 Å². The molecule has 0 saturated carbocycles. The van der Waals surface area contributed by atoms with Gasteiger partial charge in [-0.3, -0.25) is 28.2 Å². The van der Waals surface area contributed by atoms with Crippen LogP contribution in [-0.4, -0.2) is 54.8 Å². The van der Waals surface area contributed by atoms with Gasteiger partial charge in [0.15, 0.2) is 12.5 Å². The van der Waals surface area contributed by atoms with Gasteiger partial charge in [-0.25, -0.2) is 14.4 Å². The quantitative estimate of drug-likeness (QED) is 0.0591. The van der Waals surface area contributed by atoms with E-state index in [1.165, 1.54) is 82.6 Å². The van der Waals surface area contributed by atoms with E-state index in [0.717, 1.165) is 25.7 Å². The first-order valence-electron chi connectivity index (χ1n) is 16.2. The van der Waals surface area contributed by atoms with E-state index in [1.807, 2.05) is 0 Å². The number of carbonyl (C=O) groups is 1. The molecule has 2 N–H and O–H groups in total. The van der Waals surface area contributed by atoms with E-state index in [9.17, 15) is 18.9 Å². The van der Waals surface area contributed by atoms with Crippen LogP contribution in [0.15, 0.2) is 27.9 Å². The van der Waals surface area contributed by atoms with E-state index < -0.39 is 43.5 Å². The number of methoxy groups -OCH3 is 1. The normalized spacial score (nSPS) is 18.9. The predicted octanol–water partition coefficient (Wildman–Crippen LogP) is 6.05. The molecule has 1 aromatic heterocycles. The van der Waals surface area contributed by atoms with Crippen molar-refractivity contribution in [2.24, 2.45) is 0 Å². The van der Waals surface area contributed by atoms with Crippen molar-refractivity contribution in [3.63, 3.8) is 0 Å². The summed E-state index contributed by atoms with van der Waals surface area (Å²) in [7, 11) is -2.70. The van der Waals surface area contributed by atoms with E-state index in [-0.39, 0.29) is 19.8 Å². The van der Waals surface area contributed by atoms with Gasteiger partial charge in [0, 0.05) is 11.8 Å². The SMILES string of the molecule is CCCCCCCC/C=C\CCCCCCCCOP(=O)(N[C@@H](C)C(=O)OC)OC[C@@H]1OC[C@H](n2cc(C)c(=O)[nH]c2=O)O1. The van der Waals surface area contributed by atoms with Crippen LogP contribution in [-0.2, 0) is 32.6 Å². The summed E-state index contributed by atoms with van der Waals surface area (Å²) in [6, 6.07) is -0.938. The third-order valence-corrected chi connectivity index (χ3v) is 9.11. The number of aromatic amines is 1. The highest BCUT2D eigenvalue weighted by molar-refractivity contribution is 7.51. The average molecular weight is 644 g/mol. The van der Waals surface area contributed by atoms with Gasteiger partial charge < -0.3 is 14.2 Å². The van der Waals surface area contributed by atoms with Gasteiger partial charge in [0.1, 0.15) is 12.6 Å². The Kier molecular flexibility index (Phi) is 18.7. The van der Waals surface area contributed by atoms with Crippen LogP contribution in [0.1, 0.15) is 116 Å². The molecule has 1 aromatic rings. The minimum absolute atomic E-state index is 0.0199. The number of esters is 1. The second-order valence-electron chi connectivity index (χ2n) is 11.3. The smallest absolute Gasteiger partial charge is 0.406 e. The molecule has 1 aliphatic rings. The number of allylic oxidation sites excluding steroid dienone is 2. The molecule has 0 bridgehead atoms. The second kappa shape index (κ2) is 21.6. The molecular weight excluding hydrogens is 589 g/mol. The maximum absolute atomic E-state index is 13.5. The molecule has 0 radical (unpaired) electrons. The predicted molar refractivity (Wildman–Crippen MR) is 169 cm³/mol. The minimum atomic E-state index is -3.93. The van der Waals surface area contributed by atoms with Gasteiger partial charge in [-0.15, -0.1) is 0 Å². The van der Waals surface area contributed by atoms with Crippen LogP contribution in [0.2, 0.25) is 0 Å². The number of unbranched alkanes of at least 4 members (excludes halogenated alkanes) is 12. The molecule has 44 heavy (non-hydrogen) atoms. The van der Waals surface area contributed by atoms with E-state index >= 15 is 0 Å². The second-order valence-corrected chi connectivity index (χ2v) is 13.0. The van der Waals surface area contributed by atoms with Gasteiger partial charge in [0.25, 0.3) is 5.56 Å². The summed E-state index contributed by atoms with van der Waals surface area (Å²) < 4.78 is 41.9. The summed E-state index contributed by atoms with van der Waals surface area (Å²) in [6.07, 6.45) is 20.7. The van der Waals surface area contributed by atoms with Gasteiger partial charge in [0.05, 0.1) is 20.3 Å². The monoisotopic (exact) mass is 643 g/mol. The molecule has 13 heteroatoms. The number of rotatable bonds is 24. The van der Waals surface area contributed by atoms with Gasteiger partial charge in [-0.1, -0.05) is 76.9 Å². The average Bonchev–Trinajstić information content (AvgIpc) is 3.48. The van der Waals surface area contributed by atoms with Gasteiger partial charge in [-0.05, 0) is 46.0 Å². The standard InChI is InChI=1S/C31H54N3O9P/c1-5-6-7-8-9-10-11-12-13-14-15-16-17-18-19-20-21-41-44(38,33-26(3)30(36)39-4)42-24-28-40-23-27(43-28)34-22-25(2)29(35)32-31(34)37/h12-13,22,26-28H,5-11,14-21,23-24H2,1-4H3,(H,33,38)(H,32,35,37)/b13-12-/t26-,27+,28+,44?/m0/s1. The fourth-order valence-corrected chi connectivity index (χ4v) is 6.24. The topological polar surface area (TPSA) is 147 Å². The highest BCUT2D eigenvalue weighted by atomic mass is 31.2. The Morgan fingerprint density at radius 3 is 2.30 bits per heavy atom. The highest BCUT2D eigenvalue weighted by Gasteiger charge is 2.34. The molecule has 1 saturated heterocycles. The van der Waals surface area contributed by atoms with Crippen LogP contribution >= 0.6 is 7.75 Å². The van der Waals surface area contributed by atoms with Crippen LogP contribution in [0.3, 0.4) is 0 Å². The number of aryl methyl sites for hydroxylation is 1. The van der Waals surface area contributed by atoms with Crippen molar-refractivity contribution in [3.05, 3.63) is 44.8 Å². The van der Waals surface area contributed by atoms with Crippen molar-refractivity contribution >= 4 is 13.7 Å². The maximum atomic E-state index is 13.5.